The summed E-state index contributed by atoms with van der Waals surface area (Å²) in [5.74, 6) is 0.423. The Bertz CT molecular complexity index is 1830. The fourth-order valence-corrected chi connectivity index (χ4v) is 6.85. The standard InChI is InChI=1S/C47H53NO8/c1-3-52-43(49)28-41(48-29-35-24-26-40(50-2)27-25-35)44-46(54-32-38-20-12-6-13-21-38)47(55-33-39-22-14-7-15-23-39)45(53-31-37-18-10-5-11-19-37)42(56-44)34-51-30-36-16-8-4-9-17-36/h4-27,41-42,44-48H,3,28-34H2,1-2H3/t41-,42-,44+,45+,46+,47+/m1/s1. The summed E-state index contributed by atoms with van der Waals surface area (Å²) < 4.78 is 45.1. The molecule has 6 rings (SSSR count). The Morgan fingerprint density at radius 2 is 1.09 bits per heavy atom. The molecule has 9 heteroatoms. The van der Waals surface area contributed by atoms with Crippen molar-refractivity contribution < 1.29 is 38.0 Å². The largest absolute Gasteiger partial charge is 0.497 e. The fourth-order valence-electron chi connectivity index (χ4n) is 6.85. The Labute approximate surface area is 330 Å². The van der Waals surface area contributed by atoms with Crippen LogP contribution >= 0.6 is 0 Å². The van der Waals surface area contributed by atoms with E-state index in [-0.39, 0.29) is 25.6 Å². The molecule has 0 radical (unpaired) electrons. The second-order valence-corrected chi connectivity index (χ2v) is 13.8. The molecule has 0 bridgehead atoms. The first-order valence-corrected chi connectivity index (χ1v) is 19.3. The van der Waals surface area contributed by atoms with Crippen LogP contribution in [0.4, 0.5) is 0 Å². The van der Waals surface area contributed by atoms with Gasteiger partial charge in [-0.25, -0.2) is 0 Å². The van der Waals surface area contributed by atoms with Crippen LogP contribution in [0.5, 0.6) is 5.75 Å². The molecule has 0 aliphatic carbocycles. The summed E-state index contributed by atoms with van der Waals surface area (Å²) in [6.07, 6.45) is -3.12. The minimum atomic E-state index is -0.677. The Kier molecular flexibility index (Phi) is 16.0. The molecular weight excluding hydrogens is 707 g/mol. The molecule has 294 valence electrons. The lowest BCUT2D eigenvalue weighted by molar-refractivity contribution is -0.277. The van der Waals surface area contributed by atoms with E-state index in [0.717, 1.165) is 33.6 Å². The second-order valence-electron chi connectivity index (χ2n) is 13.8. The van der Waals surface area contributed by atoms with Gasteiger partial charge in [-0.05, 0) is 46.9 Å². The highest BCUT2D eigenvalue weighted by molar-refractivity contribution is 5.70. The van der Waals surface area contributed by atoms with Crippen LogP contribution in [0.15, 0.2) is 146 Å². The summed E-state index contributed by atoms with van der Waals surface area (Å²) in [6, 6.07) is 47.5. The van der Waals surface area contributed by atoms with Gasteiger partial charge in [-0.15, -0.1) is 0 Å². The normalized spacial score (nSPS) is 19.9. The molecule has 5 aromatic carbocycles. The number of carbonyl (C=O) groups is 1. The van der Waals surface area contributed by atoms with Gasteiger partial charge in [-0.2, -0.15) is 0 Å². The average molecular weight is 760 g/mol. The Balaban J connectivity index is 1.37. The molecule has 1 heterocycles. The highest BCUT2D eigenvalue weighted by Gasteiger charge is 2.51. The van der Waals surface area contributed by atoms with E-state index < -0.39 is 36.6 Å². The van der Waals surface area contributed by atoms with Gasteiger partial charge in [-0.3, -0.25) is 4.79 Å². The minimum absolute atomic E-state index is 0.0401. The molecule has 1 saturated heterocycles. The highest BCUT2D eigenvalue weighted by Crippen LogP contribution is 2.33. The first-order chi connectivity index (χ1) is 27.6. The third kappa shape index (κ3) is 12.3. The number of ether oxygens (including phenoxy) is 7. The Morgan fingerprint density at radius 3 is 1.59 bits per heavy atom. The average Bonchev–Trinajstić information content (AvgIpc) is 3.25. The van der Waals surface area contributed by atoms with Crippen molar-refractivity contribution >= 4 is 5.97 Å². The fraction of sp³-hybridized carbons (Fsp3) is 0.340. The number of rotatable bonds is 21. The molecule has 0 spiro atoms. The Morgan fingerprint density at radius 1 is 0.607 bits per heavy atom. The topological polar surface area (TPSA) is 93.7 Å². The van der Waals surface area contributed by atoms with E-state index in [1.165, 1.54) is 0 Å². The van der Waals surface area contributed by atoms with Crippen molar-refractivity contribution in [1.82, 2.24) is 5.32 Å². The van der Waals surface area contributed by atoms with Crippen molar-refractivity contribution in [1.29, 1.82) is 0 Å². The van der Waals surface area contributed by atoms with E-state index in [1.54, 1.807) is 7.11 Å². The molecule has 6 atom stereocenters. The van der Waals surface area contributed by atoms with Gasteiger partial charge < -0.3 is 38.5 Å². The first-order valence-electron chi connectivity index (χ1n) is 19.3. The van der Waals surface area contributed by atoms with Gasteiger partial charge in [0.25, 0.3) is 0 Å². The molecule has 56 heavy (non-hydrogen) atoms. The highest BCUT2D eigenvalue weighted by atomic mass is 16.6. The van der Waals surface area contributed by atoms with E-state index in [2.05, 4.69) is 5.32 Å². The maximum absolute atomic E-state index is 13.3. The van der Waals surface area contributed by atoms with E-state index >= 15 is 0 Å². The van der Waals surface area contributed by atoms with Crippen molar-refractivity contribution in [3.8, 4) is 5.75 Å². The van der Waals surface area contributed by atoms with Crippen LogP contribution < -0.4 is 10.1 Å². The predicted molar refractivity (Wildman–Crippen MR) is 215 cm³/mol. The van der Waals surface area contributed by atoms with Crippen molar-refractivity contribution in [2.45, 2.75) is 82.9 Å². The summed E-state index contributed by atoms with van der Waals surface area (Å²) in [5.41, 5.74) is 5.08. The van der Waals surface area contributed by atoms with Crippen LogP contribution in [0.25, 0.3) is 0 Å². The maximum Gasteiger partial charge on any atom is 0.307 e. The first kappa shape index (κ1) is 40.8. The number of hydrogen-bond acceptors (Lipinski definition) is 9. The molecule has 0 saturated carbocycles. The quantitative estimate of drug-likeness (QED) is 0.0752. The van der Waals surface area contributed by atoms with Gasteiger partial charge in [0.15, 0.2) is 0 Å². The Hall–Kier alpha value is -4.87. The van der Waals surface area contributed by atoms with Gasteiger partial charge in [0.05, 0.1) is 53.2 Å². The summed E-state index contributed by atoms with van der Waals surface area (Å²) in [6.45, 7) is 4.07. The molecule has 1 fully saturated rings. The molecular formula is C47H53NO8. The lowest BCUT2D eigenvalue weighted by Crippen LogP contribution is -2.65. The van der Waals surface area contributed by atoms with E-state index in [0.29, 0.717) is 33.0 Å². The lowest BCUT2D eigenvalue weighted by atomic mass is 9.89. The summed E-state index contributed by atoms with van der Waals surface area (Å²) in [4.78, 5) is 13.3. The summed E-state index contributed by atoms with van der Waals surface area (Å²) in [7, 11) is 1.64. The zero-order valence-electron chi connectivity index (χ0n) is 32.2. The smallest absolute Gasteiger partial charge is 0.307 e. The van der Waals surface area contributed by atoms with Gasteiger partial charge in [-0.1, -0.05) is 133 Å². The van der Waals surface area contributed by atoms with Crippen LogP contribution in [0, 0.1) is 0 Å². The maximum atomic E-state index is 13.3. The number of nitrogens with one attached hydrogen (secondary N) is 1. The zero-order chi connectivity index (χ0) is 38.8. The number of benzene rings is 5. The number of esters is 1. The number of carbonyl (C=O) groups excluding carboxylic acids is 1. The van der Waals surface area contributed by atoms with Crippen LogP contribution in [-0.4, -0.2) is 62.9 Å². The van der Waals surface area contributed by atoms with Gasteiger partial charge >= 0.3 is 5.97 Å². The molecule has 0 unspecified atom stereocenters. The second kappa shape index (κ2) is 22.0. The van der Waals surface area contributed by atoms with E-state index in [1.807, 2.05) is 153 Å². The monoisotopic (exact) mass is 759 g/mol. The van der Waals surface area contributed by atoms with E-state index in [9.17, 15) is 4.79 Å². The molecule has 0 aromatic heterocycles. The van der Waals surface area contributed by atoms with Gasteiger partial charge in [0, 0.05) is 12.6 Å². The van der Waals surface area contributed by atoms with Crippen LogP contribution in [0.2, 0.25) is 0 Å². The summed E-state index contributed by atoms with van der Waals surface area (Å²) in [5, 5.41) is 3.65. The van der Waals surface area contributed by atoms with Crippen molar-refractivity contribution in [3.63, 3.8) is 0 Å². The molecule has 0 amide bonds. The number of methoxy groups -OCH3 is 1. The minimum Gasteiger partial charge on any atom is -0.497 e. The van der Waals surface area contributed by atoms with Gasteiger partial charge in [0.1, 0.15) is 36.3 Å². The molecule has 9 nitrogen and oxygen atoms in total. The van der Waals surface area contributed by atoms with Crippen molar-refractivity contribution in [2.75, 3.05) is 20.3 Å². The number of hydrogen-bond donors (Lipinski definition) is 1. The third-order valence-electron chi connectivity index (χ3n) is 9.74. The lowest BCUT2D eigenvalue weighted by Gasteiger charge is -2.48. The predicted octanol–water partition coefficient (Wildman–Crippen LogP) is 7.85. The van der Waals surface area contributed by atoms with Crippen molar-refractivity contribution in [3.05, 3.63) is 173 Å². The molecule has 1 aliphatic rings. The van der Waals surface area contributed by atoms with Crippen molar-refractivity contribution in [2.24, 2.45) is 0 Å². The van der Waals surface area contributed by atoms with Crippen LogP contribution in [-0.2, 0) is 66.2 Å². The van der Waals surface area contributed by atoms with Crippen LogP contribution in [0.1, 0.15) is 41.2 Å². The molecule has 1 N–H and O–H groups in total. The molecule has 5 aromatic rings. The third-order valence-corrected chi connectivity index (χ3v) is 9.74. The zero-order valence-corrected chi connectivity index (χ0v) is 32.2. The SMILES string of the molecule is CCOC(=O)C[C@@H](NCc1ccc(OC)cc1)[C@@H]1O[C@H](COCc2ccccc2)[C@H](OCc2ccccc2)[C@H](OCc2ccccc2)[C@H]1OCc1ccccc1. The molecule has 1 aliphatic heterocycles. The van der Waals surface area contributed by atoms with Crippen LogP contribution in [0.3, 0.4) is 0 Å². The summed E-state index contributed by atoms with van der Waals surface area (Å²) >= 11 is 0. The van der Waals surface area contributed by atoms with Gasteiger partial charge in [0.2, 0.25) is 0 Å². The van der Waals surface area contributed by atoms with E-state index in [4.69, 9.17) is 33.2 Å².